The fourth-order valence-electron chi connectivity index (χ4n) is 1.79. The van der Waals surface area contributed by atoms with Crippen molar-refractivity contribution >= 4 is 40.0 Å². The number of hydrogen-bond acceptors (Lipinski definition) is 3. The second-order valence-corrected chi connectivity index (χ2v) is 4.63. The third-order valence-electron chi connectivity index (χ3n) is 2.63. The van der Waals surface area contributed by atoms with Crippen molar-refractivity contribution in [3.63, 3.8) is 0 Å². The normalized spacial score (nSPS) is 11.0. The summed E-state index contributed by atoms with van der Waals surface area (Å²) in [5.41, 5.74) is 8.22. The minimum absolute atomic E-state index is 0.376. The molecule has 0 bridgehead atoms. The van der Waals surface area contributed by atoms with E-state index in [-0.39, 0.29) is 0 Å². The monoisotopic (exact) mass is 278 g/mol. The number of nitrogen functional groups attached to an aromatic ring is 1. The Kier molecular flexibility index (Phi) is 2.65. The standard InChI is InChI=1S/C13H8Cl2N2O/c14-7-3-1-5-9(16)11(7)13-17-10-6-2-4-8(15)12(10)18-13/h1-6H,16H2. The number of aromatic nitrogens is 1. The molecule has 0 atom stereocenters. The van der Waals surface area contributed by atoms with Gasteiger partial charge in [0.15, 0.2) is 5.58 Å². The Bertz CT molecular complexity index is 717. The summed E-state index contributed by atoms with van der Waals surface area (Å²) in [6.45, 7) is 0. The molecule has 0 saturated heterocycles. The number of anilines is 1. The molecule has 2 N–H and O–H groups in total. The third-order valence-corrected chi connectivity index (χ3v) is 3.24. The van der Waals surface area contributed by atoms with Crippen LogP contribution >= 0.6 is 23.2 Å². The summed E-state index contributed by atoms with van der Waals surface area (Å²) in [6, 6.07) is 10.6. The van der Waals surface area contributed by atoms with Crippen LogP contribution in [0, 0.1) is 0 Å². The molecule has 3 aromatic rings. The van der Waals surface area contributed by atoms with Crippen molar-refractivity contribution in [2.45, 2.75) is 0 Å². The highest BCUT2D eigenvalue weighted by Crippen LogP contribution is 2.35. The van der Waals surface area contributed by atoms with Gasteiger partial charge in [-0.3, -0.25) is 0 Å². The van der Waals surface area contributed by atoms with E-state index in [1.165, 1.54) is 0 Å². The lowest BCUT2D eigenvalue weighted by Crippen LogP contribution is -1.90. The Balaban J connectivity index is 2.30. The molecule has 0 saturated carbocycles. The SMILES string of the molecule is Nc1cccc(Cl)c1-c1nc2cccc(Cl)c2o1. The van der Waals surface area contributed by atoms with Gasteiger partial charge in [-0.1, -0.05) is 35.3 Å². The van der Waals surface area contributed by atoms with Crippen molar-refractivity contribution in [1.82, 2.24) is 4.98 Å². The minimum atomic E-state index is 0.376. The predicted octanol–water partition coefficient (Wildman–Crippen LogP) is 4.38. The molecule has 0 unspecified atom stereocenters. The Labute approximate surface area is 113 Å². The van der Waals surface area contributed by atoms with Gasteiger partial charge in [-0.15, -0.1) is 0 Å². The van der Waals surface area contributed by atoms with Crippen LogP contribution in [-0.2, 0) is 0 Å². The van der Waals surface area contributed by atoms with Crippen LogP contribution in [0.2, 0.25) is 10.0 Å². The number of rotatable bonds is 1. The van der Waals surface area contributed by atoms with Crippen molar-refractivity contribution in [1.29, 1.82) is 0 Å². The number of nitrogens with zero attached hydrogens (tertiary/aromatic N) is 1. The lowest BCUT2D eigenvalue weighted by atomic mass is 10.2. The largest absolute Gasteiger partial charge is 0.434 e. The molecule has 0 radical (unpaired) electrons. The molecule has 1 heterocycles. The van der Waals surface area contributed by atoms with Crippen LogP contribution in [0.15, 0.2) is 40.8 Å². The molecule has 1 aromatic heterocycles. The van der Waals surface area contributed by atoms with Gasteiger partial charge in [-0.2, -0.15) is 0 Å². The molecular weight excluding hydrogens is 271 g/mol. The van der Waals surface area contributed by atoms with Gasteiger partial charge >= 0.3 is 0 Å². The first kappa shape index (κ1) is 11.4. The summed E-state index contributed by atoms with van der Waals surface area (Å²) in [5, 5.41) is 1.01. The first-order chi connectivity index (χ1) is 8.66. The summed E-state index contributed by atoms with van der Waals surface area (Å²) in [7, 11) is 0. The predicted molar refractivity (Wildman–Crippen MR) is 73.9 cm³/mol. The number of oxazole rings is 1. The number of nitrogens with two attached hydrogens (primary N) is 1. The van der Waals surface area contributed by atoms with Crippen LogP contribution < -0.4 is 5.73 Å². The maximum absolute atomic E-state index is 6.12. The molecule has 2 aromatic carbocycles. The highest BCUT2D eigenvalue weighted by molar-refractivity contribution is 6.35. The van der Waals surface area contributed by atoms with Crippen LogP contribution in [0.4, 0.5) is 5.69 Å². The highest BCUT2D eigenvalue weighted by Gasteiger charge is 2.15. The molecule has 0 aliphatic rings. The van der Waals surface area contributed by atoms with E-state index in [9.17, 15) is 0 Å². The molecule has 3 nitrogen and oxygen atoms in total. The number of benzene rings is 2. The number of fused-ring (bicyclic) bond motifs is 1. The molecule has 0 fully saturated rings. The van der Waals surface area contributed by atoms with Gasteiger partial charge in [0.25, 0.3) is 0 Å². The molecule has 0 aliphatic heterocycles. The maximum atomic E-state index is 6.12. The topological polar surface area (TPSA) is 52.0 Å². The zero-order valence-corrected chi connectivity index (χ0v) is 10.7. The Morgan fingerprint density at radius 3 is 2.44 bits per heavy atom. The lowest BCUT2D eigenvalue weighted by Gasteiger charge is -2.02. The fourth-order valence-corrected chi connectivity index (χ4v) is 2.26. The van der Waals surface area contributed by atoms with Crippen LogP contribution in [0.1, 0.15) is 0 Å². The first-order valence-electron chi connectivity index (χ1n) is 5.26. The van der Waals surface area contributed by atoms with Gasteiger partial charge in [-0.25, -0.2) is 4.98 Å². The molecule has 0 aliphatic carbocycles. The summed E-state index contributed by atoms with van der Waals surface area (Å²) in [6.07, 6.45) is 0. The second-order valence-electron chi connectivity index (χ2n) is 3.81. The second kappa shape index (κ2) is 4.19. The van der Waals surface area contributed by atoms with Gasteiger partial charge in [0.1, 0.15) is 5.52 Å². The summed E-state index contributed by atoms with van der Waals surface area (Å²) >= 11 is 12.2. The average molecular weight is 279 g/mol. The summed E-state index contributed by atoms with van der Waals surface area (Å²) < 4.78 is 5.64. The van der Waals surface area contributed by atoms with Gasteiger partial charge < -0.3 is 10.2 Å². The molecule has 0 amide bonds. The summed E-state index contributed by atoms with van der Waals surface area (Å²) in [4.78, 5) is 4.35. The van der Waals surface area contributed by atoms with Gasteiger partial charge in [-0.05, 0) is 24.3 Å². The Hall–Kier alpha value is -1.71. The Morgan fingerprint density at radius 2 is 1.72 bits per heavy atom. The van der Waals surface area contributed by atoms with E-state index < -0.39 is 0 Å². The van der Waals surface area contributed by atoms with Crippen molar-refractivity contribution in [2.24, 2.45) is 0 Å². The van der Waals surface area contributed by atoms with E-state index in [4.69, 9.17) is 33.4 Å². The van der Waals surface area contributed by atoms with E-state index in [2.05, 4.69) is 4.98 Å². The average Bonchev–Trinajstić information content (AvgIpc) is 2.74. The minimum Gasteiger partial charge on any atom is -0.434 e. The summed E-state index contributed by atoms with van der Waals surface area (Å²) in [5.74, 6) is 0.376. The molecule has 90 valence electrons. The smallest absolute Gasteiger partial charge is 0.231 e. The fraction of sp³-hybridized carbons (Fsp3) is 0. The maximum Gasteiger partial charge on any atom is 0.231 e. The zero-order valence-electron chi connectivity index (χ0n) is 9.15. The van der Waals surface area contributed by atoms with Crippen LogP contribution in [-0.4, -0.2) is 4.98 Å². The van der Waals surface area contributed by atoms with E-state index >= 15 is 0 Å². The van der Waals surface area contributed by atoms with Crippen molar-refractivity contribution in [3.8, 4) is 11.5 Å². The highest BCUT2D eigenvalue weighted by atomic mass is 35.5. The first-order valence-corrected chi connectivity index (χ1v) is 6.02. The van der Waals surface area contributed by atoms with Crippen molar-refractivity contribution in [2.75, 3.05) is 5.73 Å². The quantitative estimate of drug-likeness (QED) is 0.672. The Morgan fingerprint density at radius 1 is 1.00 bits per heavy atom. The van der Waals surface area contributed by atoms with Crippen LogP contribution in [0.3, 0.4) is 0 Å². The zero-order chi connectivity index (χ0) is 12.7. The van der Waals surface area contributed by atoms with E-state index in [1.54, 1.807) is 24.3 Å². The van der Waals surface area contributed by atoms with Crippen LogP contribution in [0.25, 0.3) is 22.6 Å². The molecule has 3 rings (SSSR count). The van der Waals surface area contributed by atoms with Crippen LogP contribution in [0.5, 0.6) is 0 Å². The van der Waals surface area contributed by atoms with Crippen molar-refractivity contribution < 1.29 is 4.42 Å². The van der Waals surface area contributed by atoms with E-state index in [0.717, 1.165) is 0 Å². The molecular formula is C13H8Cl2N2O. The molecule has 18 heavy (non-hydrogen) atoms. The molecule has 5 heteroatoms. The van der Waals surface area contributed by atoms with Gasteiger partial charge in [0, 0.05) is 5.69 Å². The van der Waals surface area contributed by atoms with Gasteiger partial charge in [0.05, 0.1) is 15.6 Å². The van der Waals surface area contributed by atoms with Gasteiger partial charge in [0.2, 0.25) is 5.89 Å². The lowest BCUT2D eigenvalue weighted by molar-refractivity contribution is 0.620. The number of para-hydroxylation sites is 1. The van der Waals surface area contributed by atoms with Crippen molar-refractivity contribution in [3.05, 3.63) is 46.4 Å². The van der Waals surface area contributed by atoms with E-state index in [1.807, 2.05) is 12.1 Å². The molecule has 0 spiro atoms. The number of halogens is 2. The number of hydrogen-bond donors (Lipinski definition) is 1. The van der Waals surface area contributed by atoms with E-state index in [0.29, 0.717) is 38.3 Å². The third kappa shape index (κ3) is 1.72.